The first-order chi connectivity index (χ1) is 12.7. The quantitative estimate of drug-likeness (QED) is 0.707. The highest BCUT2D eigenvalue weighted by Crippen LogP contribution is 2.12. The van der Waals surface area contributed by atoms with Gasteiger partial charge in [0.15, 0.2) is 0 Å². The molecule has 0 atom stereocenters. The Kier molecular flexibility index (Phi) is 5.79. The molecular weight excluding hydrogens is 329 g/mol. The molecule has 0 aliphatic heterocycles. The maximum absolute atomic E-state index is 12.9. The van der Waals surface area contributed by atoms with Crippen molar-refractivity contribution in [2.45, 2.75) is 26.3 Å². The largest absolute Gasteiger partial charge is 0.352 e. The van der Waals surface area contributed by atoms with Crippen molar-refractivity contribution in [1.82, 2.24) is 15.1 Å². The van der Waals surface area contributed by atoms with Crippen molar-refractivity contribution in [3.63, 3.8) is 0 Å². The van der Waals surface area contributed by atoms with Gasteiger partial charge in [-0.05, 0) is 36.1 Å². The Morgan fingerprint density at radius 3 is 2.50 bits per heavy atom. The molecule has 1 heterocycles. The molecule has 0 bridgehead atoms. The summed E-state index contributed by atoms with van der Waals surface area (Å²) in [7, 11) is 0. The van der Waals surface area contributed by atoms with Crippen molar-refractivity contribution in [3.05, 3.63) is 89.0 Å². The van der Waals surface area contributed by atoms with E-state index in [0.29, 0.717) is 25.1 Å². The lowest BCUT2D eigenvalue weighted by atomic mass is 10.1. The number of carbonyl (C=O) groups excluding carboxylic acids is 1. The fourth-order valence-corrected chi connectivity index (χ4v) is 2.93. The van der Waals surface area contributed by atoms with Gasteiger partial charge >= 0.3 is 0 Å². The van der Waals surface area contributed by atoms with Gasteiger partial charge in [0.05, 0.1) is 24.0 Å². The molecule has 3 rings (SSSR count). The van der Waals surface area contributed by atoms with Gasteiger partial charge in [-0.25, -0.2) is 4.39 Å². The van der Waals surface area contributed by atoms with Crippen LogP contribution in [0.5, 0.6) is 0 Å². The summed E-state index contributed by atoms with van der Waals surface area (Å²) in [5, 5.41) is 7.32. The van der Waals surface area contributed by atoms with Crippen LogP contribution in [0.25, 0.3) is 0 Å². The van der Waals surface area contributed by atoms with Gasteiger partial charge in [-0.15, -0.1) is 0 Å². The first kappa shape index (κ1) is 17.9. The lowest BCUT2D eigenvalue weighted by molar-refractivity contribution is 0.0953. The predicted octanol–water partition coefficient (Wildman–Crippen LogP) is 3.61. The number of nitrogens with one attached hydrogen (secondary N) is 1. The minimum Gasteiger partial charge on any atom is -0.352 e. The van der Waals surface area contributed by atoms with Gasteiger partial charge in [-0.1, -0.05) is 49.4 Å². The number of carbonyl (C=O) groups is 1. The van der Waals surface area contributed by atoms with E-state index in [1.54, 1.807) is 18.3 Å². The number of amides is 1. The average Bonchev–Trinajstić information content (AvgIpc) is 3.06. The first-order valence-electron chi connectivity index (χ1n) is 8.78. The molecular formula is C21H22FN3O. The number of halogens is 1. The smallest absolute Gasteiger partial charge is 0.254 e. The van der Waals surface area contributed by atoms with Crippen molar-refractivity contribution in [3.8, 4) is 0 Å². The highest BCUT2D eigenvalue weighted by molar-refractivity contribution is 5.95. The topological polar surface area (TPSA) is 46.9 Å². The number of nitrogens with zero attached hydrogens (tertiary/aromatic N) is 2. The second-order valence-corrected chi connectivity index (χ2v) is 6.13. The molecule has 1 amide bonds. The molecule has 5 heteroatoms. The SMILES string of the molecule is CCc1c(C(=O)NCCc2ccc(F)cc2)cnn1Cc1ccccc1. The summed E-state index contributed by atoms with van der Waals surface area (Å²) < 4.78 is 14.8. The zero-order valence-corrected chi connectivity index (χ0v) is 14.8. The van der Waals surface area contributed by atoms with Crippen molar-refractivity contribution < 1.29 is 9.18 Å². The van der Waals surface area contributed by atoms with Gasteiger partial charge in [0, 0.05) is 6.54 Å². The maximum atomic E-state index is 12.9. The predicted molar refractivity (Wildman–Crippen MR) is 99.6 cm³/mol. The molecule has 134 valence electrons. The van der Waals surface area contributed by atoms with Crippen LogP contribution in [0.3, 0.4) is 0 Å². The molecule has 0 saturated heterocycles. The van der Waals surface area contributed by atoms with E-state index in [1.165, 1.54) is 12.1 Å². The van der Waals surface area contributed by atoms with Crippen LogP contribution in [0.4, 0.5) is 4.39 Å². The Morgan fingerprint density at radius 1 is 1.08 bits per heavy atom. The summed E-state index contributed by atoms with van der Waals surface area (Å²) in [5.41, 5.74) is 3.67. The summed E-state index contributed by atoms with van der Waals surface area (Å²) in [5.74, 6) is -0.375. The van der Waals surface area contributed by atoms with Crippen LogP contribution in [0.1, 0.15) is 34.1 Å². The minimum atomic E-state index is -0.254. The van der Waals surface area contributed by atoms with Gasteiger partial charge in [0.2, 0.25) is 0 Å². The second-order valence-electron chi connectivity index (χ2n) is 6.13. The van der Waals surface area contributed by atoms with Crippen molar-refractivity contribution >= 4 is 5.91 Å². The van der Waals surface area contributed by atoms with E-state index in [1.807, 2.05) is 41.9 Å². The molecule has 0 fully saturated rings. The molecule has 26 heavy (non-hydrogen) atoms. The first-order valence-corrected chi connectivity index (χ1v) is 8.78. The second kappa shape index (κ2) is 8.43. The Morgan fingerprint density at radius 2 is 1.81 bits per heavy atom. The molecule has 2 aromatic carbocycles. The third-order valence-corrected chi connectivity index (χ3v) is 4.32. The van der Waals surface area contributed by atoms with Crippen molar-refractivity contribution in [2.75, 3.05) is 6.54 Å². The fourth-order valence-electron chi connectivity index (χ4n) is 2.93. The number of benzene rings is 2. The van der Waals surface area contributed by atoms with Crippen molar-refractivity contribution in [1.29, 1.82) is 0 Å². The summed E-state index contributed by atoms with van der Waals surface area (Å²) in [6, 6.07) is 16.4. The standard InChI is InChI=1S/C21H22FN3O/c1-2-20-19(14-24-25(20)15-17-6-4-3-5-7-17)21(26)23-13-12-16-8-10-18(22)11-9-16/h3-11,14H,2,12-13,15H2,1H3,(H,23,26). The van der Waals surface area contributed by atoms with E-state index in [2.05, 4.69) is 10.4 Å². The van der Waals surface area contributed by atoms with E-state index in [0.717, 1.165) is 23.2 Å². The van der Waals surface area contributed by atoms with E-state index >= 15 is 0 Å². The third kappa shape index (κ3) is 4.36. The van der Waals surface area contributed by atoms with Crippen LogP contribution in [0.15, 0.2) is 60.8 Å². The monoisotopic (exact) mass is 351 g/mol. The highest BCUT2D eigenvalue weighted by atomic mass is 19.1. The van der Waals surface area contributed by atoms with Gasteiger partial charge in [-0.2, -0.15) is 5.10 Å². The molecule has 0 radical (unpaired) electrons. The highest BCUT2D eigenvalue weighted by Gasteiger charge is 2.16. The Balaban J connectivity index is 1.62. The van der Waals surface area contributed by atoms with E-state index < -0.39 is 0 Å². The summed E-state index contributed by atoms with van der Waals surface area (Å²) in [6.45, 7) is 3.16. The number of hydrogen-bond donors (Lipinski definition) is 1. The molecule has 4 nitrogen and oxygen atoms in total. The molecule has 3 aromatic rings. The lowest BCUT2D eigenvalue weighted by Gasteiger charge is -2.09. The van der Waals surface area contributed by atoms with Crippen LogP contribution >= 0.6 is 0 Å². The molecule has 0 aliphatic rings. The van der Waals surface area contributed by atoms with Crippen LogP contribution < -0.4 is 5.32 Å². The normalized spacial score (nSPS) is 10.7. The zero-order chi connectivity index (χ0) is 18.4. The van der Waals surface area contributed by atoms with Gasteiger partial charge < -0.3 is 5.32 Å². The van der Waals surface area contributed by atoms with E-state index in [4.69, 9.17) is 0 Å². The van der Waals surface area contributed by atoms with Crippen LogP contribution in [0.2, 0.25) is 0 Å². The Hall–Kier alpha value is -2.95. The molecule has 0 unspecified atom stereocenters. The number of hydrogen-bond acceptors (Lipinski definition) is 2. The number of aromatic nitrogens is 2. The van der Waals surface area contributed by atoms with Gasteiger partial charge in [0.1, 0.15) is 5.82 Å². The molecule has 1 aromatic heterocycles. The van der Waals surface area contributed by atoms with Gasteiger partial charge in [0.25, 0.3) is 5.91 Å². The third-order valence-electron chi connectivity index (χ3n) is 4.32. The Labute approximate surface area is 152 Å². The Bertz CT molecular complexity index is 857. The summed E-state index contributed by atoms with van der Waals surface area (Å²) >= 11 is 0. The average molecular weight is 351 g/mol. The van der Waals surface area contributed by atoms with Crippen molar-refractivity contribution in [2.24, 2.45) is 0 Å². The summed E-state index contributed by atoms with van der Waals surface area (Å²) in [6.07, 6.45) is 3.02. The molecule has 1 N–H and O–H groups in total. The molecule has 0 spiro atoms. The van der Waals surface area contributed by atoms with Crippen LogP contribution in [-0.4, -0.2) is 22.2 Å². The summed E-state index contributed by atoms with van der Waals surface area (Å²) in [4.78, 5) is 12.5. The van der Waals surface area contributed by atoms with Gasteiger partial charge in [-0.3, -0.25) is 9.48 Å². The maximum Gasteiger partial charge on any atom is 0.254 e. The van der Waals surface area contributed by atoms with E-state index in [9.17, 15) is 9.18 Å². The number of rotatable bonds is 7. The van der Waals surface area contributed by atoms with Crippen LogP contribution in [-0.2, 0) is 19.4 Å². The van der Waals surface area contributed by atoms with E-state index in [-0.39, 0.29) is 11.7 Å². The zero-order valence-electron chi connectivity index (χ0n) is 14.8. The molecule has 0 aliphatic carbocycles. The lowest BCUT2D eigenvalue weighted by Crippen LogP contribution is -2.26. The molecule has 0 saturated carbocycles. The minimum absolute atomic E-state index is 0.122. The fraction of sp³-hybridized carbons (Fsp3) is 0.238. The van der Waals surface area contributed by atoms with Crippen LogP contribution in [0, 0.1) is 5.82 Å².